The number of hydrogen-bond donors (Lipinski definition) is 3. The Morgan fingerprint density at radius 2 is 2.02 bits per heavy atom. The molecule has 1 saturated heterocycles. The van der Waals surface area contributed by atoms with Gasteiger partial charge in [-0.05, 0) is 54.7 Å². The molecule has 7 rings (SSSR count). The third kappa shape index (κ3) is 6.64. The summed E-state index contributed by atoms with van der Waals surface area (Å²) in [5.74, 6) is -2.52. The van der Waals surface area contributed by atoms with Gasteiger partial charge in [-0.25, -0.2) is 18.2 Å². The number of nitrogens with zero attached hydrogens (tertiary/aromatic N) is 3. The summed E-state index contributed by atoms with van der Waals surface area (Å²) >= 11 is 1.40. The van der Waals surface area contributed by atoms with Crippen LogP contribution >= 0.6 is 11.3 Å². The maximum absolute atomic E-state index is 14.4. The molecule has 15 heteroatoms. The minimum absolute atomic E-state index is 0.00112. The van der Waals surface area contributed by atoms with Crippen LogP contribution in [0, 0.1) is 11.8 Å². The van der Waals surface area contributed by atoms with Crippen molar-refractivity contribution in [1.82, 2.24) is 24.8 Å². The molecule has 13 nitrogen and oxygen atoms in total. The zero-order valence-electron chi connectivity index (χ0n) is 28.1. The number of rotatable bonds is 7. The Morgan fingerprint density at radius 3 is 2.74 bits per heavy atom. The first-order valence-corrected chi connectivity index (χ1v) is 19.6. The number of thiazole rings is 1. The molecule has 50 heavy (non-hydrogen) atoms. The number of amides is 4. The van der Waals surface area contributed by atoms with E-state index in [1.165, 1.54) is 22.3 Å². The topological polar surface area (TPSA) is 167 Å². The molecule has 0 radical (unpaired) electrons. The van der Waals surface area contributed by atoms with E-state index in [1.54, 1.807) is 4.90 Å². The van der Waals surface area contributed by atoms with Gasteiger partial charge in [0, 0.05) is 24.3 Å². The average Bonchev–Trinajstić information content (AvgIpc) is 3.89. The van der Waals surface area contributed by atoms with Crippen LogP contribution in [0.5, 0.6) is 0 Å². The summed E-state index contributed by atoms with van der Waals surface area (Å²) in [6.45, 7) is 8.26. The molecule has 4 heterocycles. The molecule has 0 spiro atoms. The number of aromatic nitrogens is 1. The third-order valence-electron chi connectivity index (χ3n) is 10.3. The summed E-state index contributed by atoms with van der Waals surface area (Å²) in [4.78, 5) is 63.2. The number of fused-ring (bicyclic) bond motifs is 5. The fraction of sp³-hybridized carbons (Fsp3) is 0.514. The quantitative estimate of drug-likeness (QED) is 0.364. The lowest BCUT2D eigenvalue weighted by Gasteiger charge is -2.31. The monoisotopic (exact) mass is 722 g/mol. The van der Waals surface area contributed by atoms with E-state index < -0.39 is 62.8 Å². The number of nitrogens with one attached hydrogen (secondary N) is 3. The first-order chi connectivity index (χ1) is 23.9. The Hall–Kier alpha value is -4.24. The van der Waals surface area contributed by atoms with Gasteiger partial charge >= 0.3 is 6.09 Å². The average molecular weight is 723 g/mol. The fourth-order valence-electron chi connectivity index (χ4n) is 7.10. The standard InChI is InChI=1S/C35H42N6O7S2/c1-4-23-15-35(23,32(44)39-50(46,47)26-12-13-26)38-30(42)28-14-25-17-41(28)31(43)29(20(2)3)37-33-36-24(19-49-33)11-6-5-8-21-9-7-10-22-16-40(18-27(21)22)34(45)48-25/h4-5,7-10,19-20,23,25-26,28-29H,1,6,11-18H2,2-3H3,(H,36,37)(H,38,42)(H,39,44)/b8-5-/t23-,25?,28?,29?,35-/m1/s1. The predicted molar refractivity (Wildman–Crippen MR) is 187 cm³/mol. The molecule has 3 fully saturated rings. The van der Waals surface area contributed by atoms with E-state index in [1.807, 2.05) is 37.4 Å². The molecule has 266 valence electrons. The summed E-state index contributed by atoms with van der Waals surface area (Å²) in [6.07, 6.45) is 6.93. The van der Waals surface area contributed by atoms with E-state index in [-0.39, 0.29) is 31.2 Å². The van der Waals surface area contributed by atoms with Crippen LogP contribution in [0.2, 0.25) is 0 Å². The Kier molecular flexibility index (Phi) is 8.99. The summed E-state index contributed by atoms with van der Waals surface area (Å²) < 4.78 is 33.4. The van der Waals surface area contributed by atoms with Crippen LogP contribution in [0.25, 0.3) is 6.08 Å². The summed E-state index contributed by atoms with van der Waals surface area (Å²) in [6, 6.07) is 4.14. The van der Waals surface area contributed by atoms with Crippen LogP contribution < -0.4 is 15.4 Å². The lowest BCUT2D eigenvalue weighted by Crippen LogP contribution is -2.58. The van der Waals surface area contributed by atoms with Crippen LogP contribution in [-0.4, -0.2) is 82.5 Å². The van der Waals surface area contributed by atoms with Crippen LogP contribution in [0.1, 0.15) is 68.3 Å². The van der Waals surface area contributed by atoms with Gasteiger partial charge in [0.2, 0.25) is 21.8 Å². The van der Waals surface area contributed by atoms with Crippen molar-refractivity contribution in [1.29, 1.82) is 0 Å². The molecule has 1 aromatic carbocycles. The van der Waals surface area contributed by atoms with Gasteiger partial charge in [0.05, 0.1) is 24.0 Å². The van der Waals surface area contributed by atoms with E-state index in [4.69, 9.17) is 9.72 Å². The molecule has 5 atom stereocenters. The van der Waals surface area contributed by atoms with Crippen LogP contribution in [-0.2, 0) is 48.7 Å². The predicted octanol–water partition coefficient (Wildman–Crippen LogP) is 3.33. The number of carbonyl (C=O) groups excluding carboxylic acids is 4. The maximum atomic E-state index is 14.4. The number of allylic oxidation sites excluding steroid dienone is 1. The molecular weight excluding hydrogens is 681 g/mol. The number of aryl methyl sites for hydroxylation is 1. The van der Waals surface area contributed by atoms with Gasteiger partial charge in [0.1, 0.15) is 23.7 Å². The van der Waals surface area contributed by atoms with Crippen molar-refractivity contribution >= 4 is 56.4 Å². The van der Waals surface area contributed by atoms with Gasteiger partial charge < -0.3 is 20.3 Å². The molecule has 2 aromatic rings. The summed E-state index contributed by atoms with van der Waals surface area (Å²) in [5, 5.41) is 8.01. The summed E-state index contributed by atoms with van der Waals surface area (Å²) in [5.41, 5.74) is 2.49. The SMILES string of the molecule is C=C[C@@H]1C[C@]1(NC(=O)C1CC2CN1C(=O)C(C(C)C)Nc1nc(cs1)CC/C=C\c1cccc3c1CN(C3)C(=O)O2)C(=O)NS(=O)(=O)C1CC1. The number of hydrogen-bond acceptors (Lipinski definition) is 10. The van der Waals surface area contributed by atoms with E-state index in [9.17, 15) is 27.6 Å². The first kappa shape index (κ1) is 34.2. The van der Waals surface area contributed by atoms with Gasteiger partial charge in [-0.15, -0.1) is 17.9 Å². The highest BCUT2D eigenvalue weighted by molar-refractivity contribution is 7.91. The van der Waals surface area contributed by atoms with Gasteiger partial charge in [-0.1, -0.05) is 50.3 Å². The van der Waals surface area contributed by atoms with Crippen LogP contribution in [0.15, 0.2) is 42.3 Å². The molecular formula is C35H42N6O7S2. The second-order valence-corrected chi connectivity index (χ2v) is 17.0. The third-order valence-corrected chi connectivity index (χ3v) is 12.9. The molecule has 4 amide bonds. The first-order valence-electron chi connectivity index (χ1n) is 17.1. The van der Waals surface area contributed by atoms with Crippen LogP contribution in [0.4, 0.5) is 9.93 Å². The van der Waals surface area contributed by atoms with E-state index >= 15 is 0 Å². The Morgan fingerprint density at radius 1 is 1.22 bits per heavy atom. The minimum Gasteiger partial charge on any atom is -0.444 e. The minimum atomic E-state index is -3.87. The van der Waals surface area contributed by atoms with Gasteiger partial charge in [-0.3, -0.25) is 24.0 Å². The lowest BCUT2D eigenvalue weighted by molar-refractivity contribution is -0.140. The molecule has 3 unspecified atom stereocenters. The zero-order chi connectivity index (χ0) is 35.4. The van der Waals surface area contributed by atoms with Gasteiger partial charge in [0.15, 0.2) is 5.13 Å². The second-order valence-electron chi connectivity index (χ2n) is 14.2. The van der Waals surface area contributed by atoms with E-state index in [0.717, 1.165) is 28.8 Å². The van der Waals surface area contributed by atoms with Gasteiger partial charge in [-0.2, -0.15) is 0 Å². The van der Waals surface area contributed by atoms with Crippen molar-refractivity contribution in [2.24, 2.45) is 11.8 Å². The number of sulfonamides is 1. The Balaban J connectivity index is 1.17. The molecule has 3 aliphatic heterocycles. The Bertz CT molecular complexity index is 1870. The lowest BCUT2D eigenvalue weighted by atomic mass is 10.0. The van der Waals surface area contributed by atoms with E-state index in [0.29, 0.717) is 37.5 Å². The van der Waals surface area contributed by atoms with Crippen molar-refractivity contribution < 1.29 is 32.3 Å². The summed E-state index contributed by atoms with van der Waals surface area (Å²) in [7, 11) is -3.87. The normalized spacial score (nSPS) is 28.5. The number of benzene rings is 1. The van der Waals surface area contributed by atoms with Gasteiger partial charge in [0.25, 0.3) is 5.91 Å². The molecule has 2 aliphatic carbocycles. The number of carbonyl (C=O) groups is 4. The van der Waals surface area contributed by atoms with Crippen LogP contribution in [0.3, 0.4) is 0 Å². The van der Waals surface area contributed by atoms with E-state index in [2.05, 4.69) is 34.1 Å². The highest BCUT2D eigenvalue weighted by Gasteiger charge is 2.62. The number of anilines is 1. The second kappa shape index (κ2) is 13.1. The van der Waals surface area contributed by atoms with Crippen molar-refractivity contribution in [3.63, 3.8) is 0 Å². The highest BCUT2D eigenvalue weighted by atomic mass is 32.2. The van der Waals surface area contributed by atoms with Crippen molar-refractivity contribution in [3.8, 4) is 0 Å². The Labute approximate surface area is 295 Å². The zero-order valence-corrected chi connectivity index (χ0v) is 29.7. The van der Waals surface area contributed by atoms with Crippen molar-refractivity contribution in [3.05, 3.63) is 64.7 Å². The smallest absolute Gasteiger partial charge is 0.410 e. The molecule has 6 bridgehead atoms. The molecule has 2 saturated carbocycles. The molecule has 3 N–H and O–H groups in total. The highest BCUT2D eigenvalue weighted by Crippen LogP contribution is 2.45. The molecule has 5 aliphatic rings. The largest absolute Gasteiger partial charge is 0.444 e. The maximum Gasteiger partial charge on any atom is 0.410 e. The molecule has 1 aromatic heterocycles. The number of ether oxygens (including phenoxy) is 1. The van der Waals surface area contributed by atoms with Crippen molar-refractivity contribution in [2.45, 2.75) is 94.4 Å². The van der Waals surface area contributed by atoms with Crippen molar-refractivity contribution in [2.75, 3.05) is 11.9 Å². The fourth-order valence-corrected chi connectivity index (χ4v) is 9.25.